The number of carbonyl (C=O) groups is 1. The molecule has 1 amide bonds. The number of hydrogen-bond acceptors (Lipinski definition) is 3. The van der Waals surface area contributed by atoms with Crippen molar-refractivity contribution in [2.75, 3.05) is 13.1 Å². The lowest BCUT2D eigenvalue weighted by Crippen LogP contribution is -2.43. The van der Waals surface area contributed by atoms with Crippen LogP contribution in [0.15, 0.2) is 23.1 Å². The van der Waals surface area contributed by atoms with Crippen LogP contribution in [0.4, 0.5) is 0 Å². The Morgan fingerprint density at radius 3 is 2.74 bits per heavy atom. The van der Waals surface area contributed by atoms with Gasteiger partial charge in [-0.25, -0.2) is 13.1 Å². The number of nitrogens with zero attached hydrogens (tertiary/aromatic N) is 1. The van der Waals surface area contributed by atoms with Crippen LogP contribution in [0.5, 0.6) is 0 Å². The predicted octanol–water partition coefficient (Wildman–Crippen LogP) is 2.37. The van der Waals surface area contributed by atoms with Gasteiger partial charge < -0.3 is 4.90 Å². The fourth-order valence-corrected chi connectivity index (χ4v) is 4.34. The second-order valence-corrected chi connectivity index (χ2v) is 8.08. The van der Waals surface area contributed by atoms with E-state index in [9.17, 15) is 13.2 Å². The van der Waals surface area contributed by atoms with E-state index >= 15 is 0 Å². The highest BCUT2D eigenvalue weighted by molar-refractivity contribution is 7.89. The number of benzene rings is 1. The lowest BCUT2D eigenvalue weighted by atomic mass is 10.0. The Bertz CT molecular complexity index is 670. The molecular formula is C17H26N2O3S. The van der Waals surface area contributed by atoms with Gasteiger partial charge in [0.05, 0.1) is 4.90 Å². The van der Waals surface area contributed by atoms with Crippen LogP contribution in [0.2, 0.25) is 0 Å². The molecule has 0 spiro atoms. The van der Waals surface area contributed by atoms with Gasteiger partial charge in [0.2, 0.25) is 15.9 Å². The molecule has 2 rings (SSSR count). The molecule has 128 valence electrons. The second-order valence-electron chi connectivity index (χ2n) is 6.35. The maximum atomic E-state index is 12.4. The van der Waals surface area contributed by atoms with Gasteiger partial charge in [-0.15, -0.1) is 0 Å². The molecule has 0 bridgehead atoms. The van der Waals surface area contributed by atoms with Crippen molar-refractivity contribution >= 4 is 15.9 Å². The highest BCUT2D eigenvalue weighted by Crippen LogP contribution is 2.18. The molecule has 6 heteroatoms. The zero-order chi connectivity index (χ0) is 17.0. The van der Waals surface area contributed by atoms with E-state index < -0.39 is 10.0 Å². The molecule has 1 fully saturated rings. The Labute approximate surface area is 139 Å². The molecule has 0 radical (unpaired) electrons. The van der Waals surface area contributed by atoms with Gasteiger partial charge >= 0.3 is 0 Å². The number of piperidine rings is 1. The average Bonchev–Trinajstić information content (AvgIpc) is 2.49. The summed E-state index contributed by atoms with van der Waals surface area (Å²) < 4.78 is 27.3. The van der Waals surface area contributed by atoms with E-state index in [-0.39, 0.29) is 29.8 Å². The zero-order valence-corrected chi connectivity index (χ0v) is 14.9. The van der Waals surface area contributed by atoms with Crippen molar-refractivity contribution in [3.8, 4) is 0 Å². The van der Waals surface area contributed by atoms with Gasteiger partial charge in [-0.05, 0) is 57.2 Å². The molecule has 1 heterocycles. The van der Waals surface area contributed by atoms with Crippen LogP contribution in [-0.2, 0) is 14.8 Å². The average molecular weight is 338 g/mol. The summed E-state index contributed by atoms with van der Waals surface area (Å²) in [6.45, 7) is 6.60. The standard InChI is InChI=1S/C17H26N2O3S/c1-13-7-8-14(2)16(12-13)23(21,22)18-10-9-17(20)19-11-5-4-6-15(19)3/h7-8,12,15,18H,4-6,9-11H2,1-3H3. The van der Waals surface area contributed by atoms with E-state index in [4.69, 9.17) is 0 Å². The molecule has 1 aromatic carbocycles. The summed E-state index contributed by atoms with van der Waals surface area (Å²) in [6.07, 6.45) is 3.42. The van der Waals surface area contributed by atoms with E-state index in [0.29, 0.717) is 5.56 Å². The lowest BCUT2D eigenvalue weighted by molar-refractivity contribution is -0.134. The Hall–Kier alpha value is -1.40. The van der Waals surface area contributed by atoms with Crippen molar-refractivity contribution in [2.24, 2.45) is 0 Å². The van der Waals surface area contributed by atoms with Crippen molar-refractivity contribution in [3.05, 3.63) is 29.3 Å². The normalized spacial score (nSPS) is 18.9. The van der Waals surface area contributed by atoms with Crippen molar-refractivity contribution in [2.45, 2.75) is 57.4 Å². The molecule has 23 heavy (non-hydrogen) atoms. The van der Waals surface area contributed by atoms with Crippen LogP contribution < -0.4 is 4.72 Å². The molecule has 1 saturated heterocycles. The van der Waals surface area contributed by atoms with Gasteiger partial charge in [0.25, 0.3) is 0 Å². The Morgan fingerprint density at radius 2 is 2.04 bits per heavy atom. The third kappa shape index (κ3) is 4.54. The van der Waals surface area contributed by atoms with Crippen molar-refractivity contribution in [1.82, 2.24) is 9.62 Å². The van der Waals surface area contributed by atoms with E-state index in [1.165, 1.54) is 0 Å². The van der Waals surface area contributed by atoms with Gasteiger partial charge in [-0.1, -0.05) is 12.1 Å². The minimum absolute atomic E-state index is 0.0286. The first-order valence-corrected chi connectivity index (χ1v) is 9.66. The highest BCUT2D eigenvalue weighted by atomic mass is 32.2. The molecule has 0 saturated carbocycles. The topological polar surface area (TPSA) is 66.5 Å². The van der Waals surface area contributed by atoms with Crippen molar-refractivity contribution < 1.29 is 13.2 Å². The lowest BCUT2D eigenvalue weighted by Gasteiger charge is -2.33. The smallest absolute Gasteiger partial charge is 0.240 e. The first-order chi connectivity index (χ1) is 10.8. The first-order valence-electron chi connectivity index (χ1n) is 8.17. The molecular weight excluding hydrogens is 312 g/mol. The summed E-state index contributed by atoms with van der Waals surface area (Å²) in [5, 5.41) is 0. The van der Waals surface area contributed by atoms with E-state index in [1.54, 1.807) is 19.1 Å². The van der Waals surface area contributed by atoms with Gasteiger partial charge in [-0.2, -0.15) is 0 Å². The minimum Gasteiger partial charge on any atom is -0.340 e. The second kappa shape index (κ2) is 7.45. The van der Waals surface area contributed by atoms with Gasteiger partial charge in [0.1, 0.15) is 0 Å². The van der Waals surface area contributed by atoms with Crippen LogP contribution >= 0.6 is 0 Å². The summed E-state index contributed by atoms with van der Waals surface area (Å²) in [6, 6.07) is 5.60. The number of carbonyl (C=O) groups excluding carboxylic acids is 1. The van der Waals surface area contributed by atoms with E-state index in [1.807, 2.05) is 17.9 Å². The summed E-state index contributed by atoms with van der Waals surface area (Å²) in [7, 11) is -3.57. The van der Waals surface area contributed by atoms with Crippen LogP contribution in [0.3, 0.4) is 0 Å². The van der Waals surface area contributed by atoms with Crippen molar-refractivity contribution in [1.29, 1.82) is 0 Å². The molecule has 1 aliphatic rings. The summed E-state index contributed by atoms with van der Waals surface area (Å²) >= 11 is 0. The van der Waals surface area contributed by atoms with Gasteiger partial charge in [0.15, 0.2) is 0 Å². The van der Waals surface area contributed by atoms with E-state index in [0.717, 1.165) is 31.4 Å². The minimum atomic E-state index is -3.57. The predicted molar refractivity (Wildman–Crippen MR) is 90.7 cm³/mol. The molecule has 1 N–H and O–H groups in total. The first kappa shape index (κ1) is 17.9. The van der Waals surface area contributed by atoms with Crippen LogP contribution in [-0.4, -0.2) is 38.4 Å². The summed E-state index contributed by atoms with van der Waals surface area (Å²) in [5.41, 5.74) is 1.60. The van der Waals surface area contributed by atoms with Gasteiger partial charge in [-0.3, -0.25) is 4.79 Å². The fraction of sp³-hybridized carbons (Fsp3) is 0.588. The van der Waals surface area contributed by atoms with Crippen LogP contribution in [0, 0.1) is 13.8 Å². The molecule has 1 atom stereocenters. The van der Waals surface area contributed by atoms with E-state index in [2.05, 4.69) is 11.6 Å². The third-order valence-corrected chi connectivity index (χ3v) is 5.99. The van der Waals surface area contributed by atoms with Gasteiger partial charge in [0, 0.05) is 25.6 Å². The number of amides is 1. The monoisotopic (exact) mass is 338 g/mol. The Morgan fingerprint density at radius 1 is 1.30 bits per heavy atom. The maximum absolute atomic E-state index is 12.4. The number of sulfonamides is 1. The number of likely N-dealkylation sites (tertiary alicyclic amines) is 1. The largest absolute Gasteiger partial charge is 0.340 e. The fourth-order valence-electron chi connectivity index (χ4n) is 2.98. The Balaban J connectivity index is 1.94. The highest BCUT2D eigenvalue weighted by Gasteiger charge is 2.23. The molecule has 1 aromatic rings. The van der Waals surface area contributed by atoms with Crippen molar-refractivity contribution in [3.63, 3.8) is 0 Å². The molecule has 0 aromatic heterocycles. The Kier molecular flexibility index (Phi) is 5.81. The maximum Gasteiger partial charge on any atom is 0.240 e. The SMILES string of the molecule is Cc1ccc(C)c(S(=O)(=O)NCCC(=O)N2CCCCC2C)c1. The molecule has 1 unspecified atom stereocenters. The number of aryl methyl sites for hydroxylation is 2. The molecule has 0 aliphatic carbocycles. The quantitative estimate of drug-likeness (QED) is 0.896. The summed E-state index contributed by atoms with van der Waals surface area (Å²) in [5.74, 6) is 0.0286. The molecule has 1 aliphatic heterocycles. The number of nitrogens with one attached hydrogen (secondary N) is 1. The van der Waals surface area contributed by atoms with Crippen LogP contribution in [0.25, 0.3) is 0 Å². The van der Waals surface area contributed by atoms with Crippen LogP contribution in [0.1, 0.15) is 43.7 Å². The molecule has 5 nitrogen and oxygen atoms in total. The zero-order valence-electron chi connectivity index (χ0n) is 14.1. The summed E-state index contributed by atoms with van der Waals surface area (Å²) in [4.78, 5) is 14.4. The number of hydrogen-bond donors (Lipinski definition) is 1. The third-order valence-electron chi connectivity index (χ3n) is 4.39. The number of rotatable bonds is 5.